The van der Waals surface area contributed by atoms with Crippen LogP contribution >= 0.6 is 0 Å². The smallest absolute Gasteiger partial charge is 0.306 e. The van der Waals surface area contributed by atoms with Crippen molar-refractivity contribution in [1.29, 1.82) is 0 Å². The van der Waals surface area contributed by atoms with E-state index in [0.29, 0.717) is 12.8 Å². The Morgan fingerprint density at radius 1 is 0.333 bits per heavy atom. The van der Waals surface area contributed by atoms with Gasteiger partial charge in [0.25, 0.3) is 0 Å². The fourth-order valence-corrected chi connectivity index (χ4v) is 8.21. The maximum atomic E-state index is 12.2. The fourth-order valence-electron chi connectivity index (χ4n) is 8.21. The minimum Gasteiger partial charge on any atom is -0.462 e. The van der Waals surface area contributed by atoms with Crippen LogP contribution in [0.3, 0.4) is 0 Å². The molecule has 0 aliphatic carbocycles. The van der Waals surface area contributed by atoms with Crippen molar-refractivity contribution in [3.05, 3.63) is 0 Å². The van der Waals surface area contributed by atoms with Gasteiger partial charge in [-0.25, -0.2) is 0 Å². The monoisotopic (exact) mass is 807 g/mol. The number of unbranched alkanes of at least 4 members (excludes halogenated alkanes) is 41. The van der Waals surface area contributed by atoms with Crippen molar-refractivity contribution in [2.45, 2.75) is 309 Å². The van der Waals surface area contributed by atoms with Crippen LogP contribution in [0.25, 0.3) is 0 Å². The number of carbonyl (C=O) groups is 2. The van der Waals surface area contributed by atoms with E-state index in [1.165, 1.54) is 244 Å². The molecular weight excluding hydrogens is 705 g/mol. The molecule has 0 aliphatic rings. The van der Waals surface area contributed by atoms with E-state index < -0.39 is 6.10 Å². The largest absolute Gasteiger partial charge is 0.462 e. The number of aliphatic hydroxyl groups excluding tert-OH is 1. The summed E-state index contributed by atoms with van der Waals surface area (Å²) in [6.07, 6.45) is 57.9. The van der Waals surface area contributed by atoms with E-state index in [2.05, 4.69) is 13.8 Å². The molecule has 5 nitrogen and oxygen atoms in total. The Morgan fingerprint density at radius 3 is 0.772 bits per heavy atom. The number of hydrogen-bond acceptors (Lipinski definition) is 5. The van der Waals surface area contributed by atoms with Gasteiger partial charge in [0.1, 0.15) is 6.61 Å². The van der Waals surface area contributed by atoms with Crippen LogP contribution in [0.5, 0.6) is 0 Å². The molecular formula is C52H102O5. The number of ether oxygens (including phenoxy) is 2. The molecule has 340 valence electrons. The predicted octanol–water partition coefficient (Wildman–Crippen LogP) is 17.0. The van der Waals surface area contributed by atoms with Gasteiger partial charge in [-0.3, -0.25) is 9.59 Å². The van der Waals surface area contributed by atoms with Gasteiger partial charge in [-0.15, -0.1) is 0 Å². The standard InChI is InChI=1S/C52H102O5/c1-3-5-7-9-11-13-15-17-18-19-20-21-22-23-24-25-26-27-28-29-30-31-32-33-35-37-39-41-43-45-47-52(55)57-50(48-53)49-56-51(54)46-44-42-40-38-36-34-16-14-12-10-8-6-4-2/h50,53H,3-49H2,1-2H3. The zero-order valence-electron chi connectivity index (χ0n) is 38.9. The van der Waals surface area contributed by atoms with Gasteiger partial charge in [-0.05, 0) is 12.8 Å². The average molecular weight is 807 g/mol. The molecule has 0 bridgehead atoms. The van der Waals surface area contributed by atoms with Crippen LogP contribution in [-0.4, -0.2) is 36.4 Å². The second-order valence-corrected chi connectivity index (χ2v) is 18.0. The molecule has 0 saturated carbocycles. The summed E-state index contributed by atoms with van der Waals surface area (Å²) in [5.74, 6) is -0.569. The SMILES string of the molecule is CCCCCCCCCCCCCCCCCCCCCCCCCCCCCCCCC(=O)OC(CO)COC(=O)CCCCCCCCCCCCCCC. The van der Waals surface area contributed by atoms with Crippen LogP contribution in [0, 0.1) is 0 Å². The van der Waals surface area contributed by atoms with Gasteiger partial charge in [0, 0.05) is 12.8 Å². The highest BCUT2D eigenvalue weighted by Crippen LogP contribution is 2.18. The van der Waals surface area contributed by atoms with E-state index in [1.807, 2.05) is 0 Å². The molecule has 0 radical (unpaired) electrons. The summed E-state index contributed by atoms with van der Waals surface area (Å²) in [5, 5.41) is 9.60. The lowest BCUT2D eigenvalue weighted by molar-refractivity contribution is -0.161. The van der Waals surface area contributed by atoms with E-state index in [-0.39, 0.29) is 25.2 Å². The van der Waals surface area contributed by atoms with Crippen molar-refractivity contribution in [2.24, 2.45) is 0 Å². The second kappa shape index (κ2) is 49.3. The van der Waals surface area contributed by atoms with E-state index in [1.54, 1.807) is 0 Å². The molecule has 0 aromatic rings. The van der Waals surface area contributed by atoms with E-state index in [9.17, 15) is 14.7 Å². The first-order chi connectivity index (χ1) is 28.1. The highest BCUT2D eigenvalue weighted by molar-refractivity contribution is 5.70. The van der Waals surface area contributed by atoms with Crippen molar-refractivity contribution in [1.82, 2.24) is 0 Å². The van der Waals surface area contributed by atoms with Crippen molar-refractivity contribution in [3.8, 4) is 0 Å². The third-order valence-electron chi connectivity index (χ3n) is 12.2. The summed E-state index contributed by atoms with van der Waals surface area (Å²) in [4.78, 5) is 24.4. The van der Waals surface area contributed by atoms with Crippen LogP contribution < -0.4 is 0 Å². The minimum atomic E-state index is -0.762. The molecule has 0 aromatic heterocycles. The van der Waals surface area contributed by atoms with Crippen LogP contribution in [0.2, 0.25) is 0 Å². The Balaban J connectivity index is 3.37. The zero-order chi connectivity index (χ0) is 41.4. The summed E-state index contributed by atoms with van der Waals surface area (Å²) in [6.45, 7) is 4.19. The van der Waals surface area contributed by atoms with Crippen molar-refractivity contribution in [2.75, 3.05) is 13.2 Å². The minimum absolute atomic E-state index is 0.0564. The normalized spacial score (nSPS) is 12.0. The first kappa shape index (κ1) is 55.9. The quantitative estimate of drug-likeness (QED) is 0.0490. The van der Waals surface area contributed by atoms with Crippen molar-refractivity contribution >= 4 is 11.9 Å². The molecule has 0 aliphatic heterocycles. The van der Waals surface area contributed by atoms with Gasteiger partial charge >= 0.3 is 11.9 Å². The molecule has 1 N–H and O–H groups in total. The van der Waals surface area contributed by atoms with Gasteiger partial charge in [0.2, 0.25) is 0 Å². The molecule has 0 spiro atoms. The van der Waals surface area contributed by atoms with Gasteiger partial charge < -0.3 is 14.6 Å². The molecule has 0 amide bonds. The number of hydrogen-bond donors (Lipinski definition) is 1. The van der Waals surface area contributed by atoms with Crippen LogP contribution in [0.4, 0.5) is 0 Å². The molecule has 1 atom stereocenters. The molecule has 1 unspecified atom stereocenters. The number of aliphatic hydroxyl groups is 1. The van der Waals surface area contributed by atoms with Crippen LogP contribution in [0.1, 0.15) is 303 Å². The average Bonchev–Trinajstić information content (AvgIpc) is 3.21. The maximum Gasteiger partial charge on any atom is 0.306 e. The third kappa shape index (κ3) is 47.5. The van der Waals surface area contributed by atoms with E-state index in [4.69, 9.17) is 9.47 Å². The zero-order valence-corrected chi connectivity index (χ0v) is 38.9. The van der Waals surface area contributed by atoms with Crippen LogP contribution in [-0.2, 0) is 19.1 Å². The Morgan fingerprint density at radius 2 is 0.544 bits per heavy atom. The van der Waals surface area contributed by atoms with Gasteiger partial charge in [0.15, 0.2) is 6.10 Å². The third-order valence-corrected chi connectivity index (χ3v) is 12.2. The van der Waals surface area contributed by atoms with Crippen molar-refractivity contribution in [3.63, 3.8) is 0 Å². The summed E-state index contributed by atoms with van der Waals surface area (Å²) in [6, 6.07) is 0. The Hall–Kier alpha value is -1.10. The first-order valence-electron chi connectivity index (χ1n) is 26.1. The topological polar surface area (TPSA) is 72.8 Å². The Labute approximate surface area is 357 Å². The number of rotatable bonds is 49. The summed E-state index contributed by atoms with van der Waals surface area (Å²) < 4.78 is 10.7. The van der Waals surface area contributed by atoms with Crippen molar-refractivity contribution < 1.29 is 24.2 Å². The predicted molar refractivity (Wildman–Crippen MR) is 247 cm³/mol. The molecule has 0 aromatic carbocycles. The van der Waals surface area contributed by atoms with Crippen LogP contribution in [0.15, 0.2) is 0 Å². The lowest BCUT2D eigenvalue weighted by Crippen LogP contribution is -2.28. The maximum absolute atomic E-state index is 12.2. The summed E-state index contributed by atoms with van der Waals surface area (Å²) in [7, 11) is 0. The van der Waals surface area contributed by atoms with Gasteiger partial charge in [-0.2, -0.15) is 0 Å². The molecule has 0 rings (SSSR count). The summed E-state index contributed by atoms with van der Waals surface area (Å²) >= 11 is 0. The fraction of sp³-hybridized carbons (Fsp3) is 0.962. The van der Waals surface area contributed by atoms with Gasteiger partial charge in [0.05, 0.1) is 6.61 Å². The second-order valence-electron chi connectivity index (χ2n) is 18.0. The molecule has 5 heteroatoms. The molecule has 0 fully saturated rings. The molecule has 0 heterocycles. The van der Waals surface area contributed by atoms with E-state index >= 15 is 0 Å². The van der Waals surface area contributed by atoms with Gasteiger partial charge in [-0.1, -0.05) is 277 Å². The number of esters is 2. The highest BCUT2D eigenvalue weighted by atomic mass is 16.6. The molecule has 57 heavy (non-hydrogen) atoms. The summed E-state index contributed by atoms with van der Waals surface area (Å²) in [5.41, 5.74) is 0. The first-order valence-corrected chi connectivity index (χ1v) is 26.1. The Kier molecular flexibility index (Phi) is 48.3. The number of carbonyl (C=O) groups excluding carboxylic acids is 2. The Bertz CT molecular complexity index is 784. The van der Waals surface area contributed by atoms with E-state index in [0.717, 1.165) is 32.1 Å². The lowest BCUT2D eigenvalue weighted by atomic mass is 10.0. The molecule has 0 saturated heterocycles. The highest BCUT2D eigenvalue weighted by Gasteiger charge is 2.16. The lowest BCUT2D eigenvalue weighted by Gasteiger charge is -2.15.